The van der Waals surface area contributed by atoms with Crippen molar-refractivity contribution in [1.82, 2.24) is 19.9 Å². The smallest absolute Gasteiger partial charge is 0.227 e. The van der Waals surface area contributed by atoms with E-state index in [1.165, 1.54) is 0 Å². The van der Waals surface area contributed by atoms with Gasteiger partial charge in [-0.1, -0.05) is 47.5 Å². The summed E-state index contributed by atoms with van der Waals surface area (Å²) in [5, 5.41) is 15.1. The number of likely N-dealkylation sites (tertiary alicyclic amines) is 1. The SMILES string of the molecule is Cc1c(-c2nc3cc(C=O)cc(Cl)c3o2)cccc1-c1cccc(Nc2nccc3cc(CN4CCC(O)C4)cnc23)c1Cl. The fourth-order valence-electron chi connectivity index (χ4n) is 5.82. The summed E-state index contributed by atoms with van der Waals surface area (Å²) in [6, 6.07) is 19.0. The Hall–Kier alpha value is -4.34. The zero-order valence-electron chi connectivity index (χ0n) is 23.7. The lowest BCUT2D eigenvalue weighted by Gasteiger charge is -2.16. The molecule has 3 aromatic carbocycles. The Morgan fingerprint density at radius 2 is 1.89 bits per heavy atom. The van der Waals surface area contributed by atoms with Crippen LogP contribution >= 0.6 is 23.2 Å². The molecule has 0 radical (unpaired) electrons. The fourth-order valence-corrected chi connectivity index (χ4v) is 6.35. The number of β-amino-alcohol motifs (C(OH)–C–C–N with tert-alkyl or cyclic N) is 1. The molecule has 6 aromatic rings. The molecule has 10 heteroatoms. The number of oxazole rings is 1. The minimum absolute atomic E-state index is 0.256. The van der Waals surface area contributed by atoms with Gasteiger partial charge in [-0.15, -0.1) is 0 Å². The second-order valence-corrected chi connectivity index (χ2v) is 11.8. The number of halogens is 2. The summed E-state index contributed by atoms with van der Waals surface area (Å²) in [4.78, 5) is 27.5. The first-order chi connectivity index (χ1) is 21.4. The molecule has 4 heterocycles. The van der Waals surface area contributed by atoms with Gasteiger partial charge in [0.1, 0.15) is 17.3 Å². The first-order valence-corrected chi connectivity index (χ1v) is 15.0. The van der Waals surface area contributed by atoms with Crippen LogP contribution in [-0.4, -0.2) is 50.4 Å². The van der Waals surface area contributed by atoms with E-state index in [0.29, 0.717) is 50.6 Å². The first kappa shape index (κ1) is 28.4. The van der Waals surface area contributed by atoms with E-state index in [1.54, 1.807) is 18.3 Å². The summed E-state index contributed by atoms with van der Waals surface area (Å²) in [7, 11) is 0. The Labute approximate surface area is 263 Å². The number of hydrogen-bond donors (Lipinski definition) is 2. The molecule has 2 N–H and O–H groups in total. The fraction of sp³-hybridized carbons (Fsp3) is 0.176. The summed E-state index contributed by atoms with van der Waals surface area (Å²) in [6.45, 7) is 4.30. The normalized spacial score (nSPS) is 15.3. The van der Waals surface area contributed by atoms with Crippen molar-refractivity contribution < 1.29 is 14.3 Å². The van der Waals surface area contributed by atoms with E-state index >= 15 is 0 Å². The number of hydrogen-bond acceptors (Lipinski definition) is 8. The number of carbonyl (C=O) groups is 1. The lowest BCUT2D eigenvalue weighted by molar-refractivity contribution is 0.112. The minimum atomic E-state index is -0.256. The first-order valence-electron chi connectivity index (χ1n) is 14.2. The predicted octanol–water partition coefficient (Wildman–Crippen LogP) is 7.84. The summed E-state index contributed by atoms with van der Waals surface area (Å²) in [5.41, 5.74) is 7.36. The molecule has 0 saturated carbocycles. The number of nitrogens with one attached hydrogen (secondary N) is 1. The third kappa shape index (κ3) is 5.31. The highest BCUT2D eigenvalue weighted by Gasteiger charge is 2.21. The maximum Gasteiger partial charge on any atom is 0.227 e. The highest BCUT2D eigenvalue weighted by atomic mass is 35.5. The zero-order valence-corrected chi connectivity index (χ0v) is 25.2. The number of nitrogens with zero attached hydrogens (tertiary/aromatic N) is 4. The molecule has 0 aliphatic carbocycles. The molecule has 0 amide bonds. The average Bonchev–Trinajstić information content (AvgIpc) is 3.64. The molecule has 8 nitrogen and oxygen atoms in total. The number of aromatic nitrogens is 3. The van der Waals surface area contributed by atoms with Crippen molar-refractivity contribution in [3.63, 3.8) is 0 Å². The lowest BCUT2D eigenvalue weighted by atomic mass is 9.96. The maximum atomic E-state index is 11.3. The Balaban J connectivity index is 1.20. The molecular weight excluding hydrogens is 597 g/mol. The van der Waals surface area contributed by atoms with Crippen LogP contribution in [0.15, 0.2) is 77.5 Å². The topological polar surface area (TPSA) is 104 Å². The van der Waals surface area contributed by atoms with E-state index in [2.05, 4.69) is 26.3 Å². The number of aldehydes is 1. The maximum absolute atomic E-state index is 11.3. The van der Waals surface area contributed by atoms with Gasteiger partial charge in [0, 0.05) is 54.1 Å². The van der Waals surface area contributed by atoms with Gasteiger partial charge < -0.3 is 14.8 Å². The summed E-state index contributed by atoms with van der Waals surface area (Å²) >= 11 is 13.4. The van der Waals surface area contributed by atoms with Crippen LogP contribution in [0.3, 0.4) is 0 Å². The summed E-state index contributed by atoms with van der Waals surface area (Å²) in [5.74, 6) is 1.01. The van der Waals surface area contributed by atoms with Gasteiger partial charge >= 0.3 is 0 Å². The van der Waals surface area contributed by atoms with E-state index in [4.69, 9.17) is 32.6 Å². The van der Waals surface area contributed by atoms with Crippen molar-refractivity contribution in [3.05, 3.63) is 99.8 Å². The van der Waals surface area contributed by atoms with Gasteiger partial charge in [-0.2, -0.15) is 0 Å². The van der Waals surface area contributed by atoms with Crippen LogP contribution in [0.5, 0.6) is 0 Å². The number of aliphatic hydroxyl groups excluding tert-OH is 1. The van der Waals surface area contributed by atoms with E-state index < -0.39 is 0 Å². The predicted molar refractivity (Wildman–Crippen MR) is 174 cm³/mol. The Kier molecular flexibility index (Phi) is 7.52. The highest BCUT2D eigenvalue weighted by molar-refractivity contribution is 6.36. The van der Waals surface area contributed by atoms with E-state index in [1.807, 2.05) is 55.6 Å². The monoisotopic (exact) mass is 623 g/mol. The number of carbonyl (C=O) groups excluding carboxylic acids is 1. The average molecular weight is 625 g/mol. The zero-order chi connectivity index (χ0) is 30.4. The number of rotatable bonds is 7. The van der Waals surface area contributed by atoms with Crippen molar-refractivity contribution in [2.24, 2.45) is 0 Å². The third-order valence-corrected chi connectivity index (χ3v) is 8.71. The van der Waals surface area contributed by atoms with Crippen LogP contribution in [0.25, 0.3) is 44.6 Å². The Morgan fingerprint density at radius 1 is 1.07 bits per heavy atom. The largest absolute Gasteiger partial charge is 0.434 e. The molecule has 44 heavy (non-hydrogen) atoms. The summed E-state index contributed by atoms with van der Waals surface area (Å²) < 4.78 is 6.05. The number of benzene rings is 3. The van der Waals surface area contributed by atoms with Gasteiger partial charge in [-0.05, 0) is 66.4 Å². The van der Waals surface area contributed by atoms with Gasteiger partial charge in [-0.25, -0.2) is 9.97 Å². The number of aliphatic hydroxyl groups is 1. The second-order valence-electron chi connectivity index (χ2n) is 11.0. The standard InChI is InChI=1S/C34H27Cl2N5O3/c1-19-24(4-2-5-25(19)34-40-29-14-20(18-42)13-27(35)32(29)44-34)26-6-3-7-28(30(26)36)39-33-31-22(8-10-37-33)12-21(15-38-31)16-41-11-9-23(43)17-41/h2-8,10,12-15,18,23,43H,9,11,16-17H2,1H3,(H,37,39). The molecule has 220 valence electrons. The Morgan fingerprint density at radius 3 is 2.70 bits per heavy atom. The molecule has 1 aliphatic rings. The molecule has 1 atom stereocenters. The van der Waals surface area contributed by atoms with Crippen LogP contribution in [-0.2, 0) is 6.54 Å². The van der Waals surface area contributed by atoms with Gasteiger partial charge in [-0.3, -0.25) is 14.7 Å². The number of pyridine rings is 2. The van der Waals surface area contributed by atoms with Gasteiger partial charge in [0.25, 0.3) is 0 Å². The quantitative estimate of drug-likeness (QED) is 0.173. The van der Waals surface area contributed by atoms with Crippen LogP contribution in [0, 0.1) is 6.92 Å². The lowest BCUT2D eigenvalue weighted by Crippen LogP contribution is -2.21. The van der Waals surface area contributed by atoms with Crippen LogP contribution in [0.1, 0.15) is 27.9 Å². The number of fused-ring (bicyclic) bond motifs is 2. The molecule has 1 fully saturated rings. The second kappa shape index (κ2) is 11.6. The van der Waals surface area contributed by atoms with Crippen molar-refractivity contribution in [2.45, 2.75) is 26.0 Å². The van der Waals surface area contributed by atoms with Crippen molar-refractivity contribution in [2.75, 3.05) is 18.4 Å². The molecule has 0 bridgehead atoms. The van der Waals surface area contributed by atoms with Crippen molar-refractivity contribution in [3.8, 4) is 22.6 Å². The van der Waals surface area contributed by atoms with Gasteiger partial charge in [0.15, 0.2) is 11.4 Å². The van der Waals surface area contributed by atoms with Crippen LogP contribution in [0.2, 0.25) is 10.0 Å². The summed E-state index contributed by atoms with van der Waals surface area (Å²) in [6.07, 6.45) is 4.90. The van der Waals surface area contributed by atoms with Gasteiger partial charge in [0.2, 0.25) is 5.89 Å². The molecule has 1 unspecified atom stereocenters. The van der Waals surface area contributed by atoms with Crippen LogP contribution in [0.4, 0.5) is 11.5 Å². The van der Waals surface area contributed by atoms with Crippen LogP contribution < -0.4 is 5.32 Å². The highest BCUT2D eigenvalue weighted by Crippen LogP contribution is 2.40. The van der Waals surface area contributed by atoms with E-state index in [0.717, 1.165) is 64.5 Å². The Bertz CT molecular complexity index is 2060. The molecule has 1 aliphatic heterocycles. The molecule has 1 saturated heterocycles. The van der Waals surface area contributed by atoms with Gasteiger partial charge in [0.05, 0.1) is 21.8 Å². The minimum Gasteiger partial charge on any atom is -0.434 e. The van der Waals surface area contributed by atoms with E-state index in [-0.39, 0.29) is 6.10 Å². The molecule has 7 rings (SSSR count). The molecule has 3 aromatic heterocycles. The van der Waals surface area contributed by atoms with Crippen molar-refractivity contribution in [1.29, 1.82) is 0 Å². The van der Waals surface area contributed by atoms with E-state index in [9.17, 15) is 9.90 Å². The number of anilines is 2. The van der Waals surface area contributed by atoms with Crippen molar-refractivity contribution >= 4 is 63.0 Å². The molecular formula is C34H27Cl2N5O3. The third-order valence-electron chi connectivity index (χ3n) is 8.02. The molecule has 0 spiro atoms.